The van der Waals surface area contributed by atoms with Crippen LogP contribution >= 0.6 is 0 Å². The normalized spacial score (nSPS) is 12.0. The Bertz CT molecular complexity index is 2000. The van der Waals surface area contributed by atoms with Crippen LogP contribution < -0.4 is 0 Å². The van der Waals surface area contributed by atoms with Gasteiger partial charge in [0.1, 0.15) is 5.58 Å². The van der Waals surface area contributed by atoms with Crippen LogP contribution in [-0.2, 0) is 0 Å². The standard InChI is InChI=1S/C32H20N2O/c1-4-10-28-23(7-1)24-8-2-5-11-29(24)33(28)21-13-15-22(16-14-21)34-30-12-6-3-9-25(30)26-17-18-31-27(32(26)34)19-20-35-31/h1-20H. The fourth-order valence-corrected chi connectivity index (χ4v) is 5.72. The molecular weight excluding hydrogens is 428 g/mol. The molecule has 0 spiro atoms. The Labute approximate surface area is 201 Å². The van der Waals surface area contributed by atoms with Crippen molar-refractivity contribution in [2.75, 3.05) is 0 Å². The molecule has 35 heavy (non-hydrogen) atoms. The Balaban J connectivity index is 1.40. The summed E-state index contributed by atoms with van der Waals surface area (Å²) in [5, 5.41) is 6.16. The first-order valence-electron chi connectivity index (χ1n) is 11.9. The van der Waals surface area contributed by atoms with E-state index in [2.05, 4.69) is 124 Å². The van der Waals surface area contributed by atoms with Gasteiger partial charge in [-0.2, -0.15) is 0 Å². The van der Waals surface area contributed by atoms with E-state index in [0.29, 0.717) is 0 Å². The summed E-state index contributed by atoms with van der Waals surface area (Å²) in [5.74, 6) is 0. The quantitative estimate of drug-likeness (QED) is 0.259. The second kappa shape index (κ2) is 6.87. The first kappa shape index (κ1) is 18.6. The van der Waals surface area contributed by atoms with Gasteiger partial charge in [-0.05, 0) is 60.7 Å². The Kier molecular flexibility index (Phi) is 3.66. The van der Waals surface area contributed by atoms with Gasteiger partial charge < -0.3 is 13.6 Å². The van der Waals surface area contributed by atoms with Crippen LogP contribution in [-0.4, -0.2) is 9.13 Å². The summed E-state index contributed by atoms with van der Waals surface area (Å²) < 4.78 is 10.5. The summed E-state index contributed by atoms with van der Waals surface area (Å²) in [5.41, 5.74) is 8.01. The summed E-state index contributed by atoms with van der Waals surface area (Å²) in [7, 11) is 0. The monoisotopic (exact) mass is 448 g/mol. The van der Waals surface area contributed by atoms with Gasteiger partial charge in [-0.15, -0.1) is 0 Å². The van der Waals surface area contributed by atoms with Crippen molar-refractivity contribution < 1.29 is 4.42 Å². The van der Waals surface area contributed by atoms with Gasteiger partial charge in [0.2, 0.25) is 0 Å². The smallest absolute Gasteiger partial charge is 0.136 e. The van der Waals surface area contributed by atoms with Crippen molar-refractivity contribution in [3.8, 4) is 11.4 Å². The highest BCUT2D eigenvalue weighted by atomic mass is 16.3. The zero-order valence-electron chi connectivity index (χ0n) is 18.8. The maximum Gasteiger partial charge on any atom is 0.136 e. The third-order valence-electron chi connectivity index (χ3n) is 7.21. The lowest BCUT2D eigenvalue weighted by atomic mass is 10.1. The minimum atomic E-state index is 0.906. The molecule has 0 radical (unpaired) electrons. The molecule has 0 atom stereocenters. The van der Waals surface area contributed by atoms with Gasteiger partial charge in [0, 0.05) is 38.3 Å². The fourth-order valence-electron chi connectivity index (χ4n) is 5.72. The van der Waals surface area contributed by atoms with E-state index >= 15 is 0 Å². The van der Waals surface area contributed by atoms with Crippen molar-refractivity contribution in [1.82, 2.24) is 9.13 Å². The number of fused-ring (bicyclic) bond motifs is 8. The average Bonchev–Trinajstić information content (AvgIpc) is 3.61. The third kappa shape index (κ3) is 2.50. The van der Waals surface area contributed by atoms with Crippen LogP contribution in [0.2, 0.25) is 0 Å². The molecule has 8 aromatic rings. The Hall–Kier alpha value is -4.76. The number of furan rings is 1. The van der Waals surface area contributed by atoms with Crippen molar-refractivity contribution >= 4 is 54.6 Å². The van der Waals surface area contributed by atoms with Crippen LogP contribution in [0.3, 0.4) is 0 Å². The van der Waals surface area contributed by atoms with Crippen LogP contribution in [0.5, 0.6) is 0 Å². The Morgan fingerprint density at radius 3 is 1.54 bits per heavy atom. The van der Waals surface area contributed by atoms with Crippen LogP contribution in [0.15, 0.2) is 126 Å². The molecule has 0 amide bonds. The van der Waals surface area contributed by atoms with Crippen molar-refractivity contribution in [1.29, 1.82) is 0 Å². The molecule has 0 aliphatic rings. The summed E-state index contributed by atoms with van der Waals surface area (Å²) in [4.78, 5) is 0. The number of hydrogen-bond acceptors (Lipinski definition) is 1. The van der Waals surface area contributed by atoms with Crippen LogP contribution in [0.1, 0.15) is 0 Å². The Morgan fingerprint density at radius 2 is 0.914 bits per heavy atom. The van der Waals surface area contributed by atoms with Crippen LogP contribution in [0.25, 0.3) is 66.0 Å². The van der Waals surface area contributed by atoms with Gasteiger partial charge in [-0.25, -0.2) is 0 Å². The van der Waals surface area contributed by atoms with E-state index in [9.17, 15) is 0 Å². The third-order valence-corrected chi connectivity index (χ3v) is 7.21. The first-order chi connectivity index (χ1) is 17.4. The summed E-state index contributed by atoms with van der Waals surface area (Å²) in [6.45, 7) is 0. The molecule has 3 heterocycles. The second-order valence-corrected chi connectivity index (χ2v) is 9.03. The molecular formula is C32H20N2O. The van der Waals surface area contributed by atoms with Gasteiger partial charge in [0.05, 0.1) is 28.3 Å². The van der Waals surface area contributed by atoms with Gasteiger partial charge in [0.25, 0.3) is 0 Å². The number of nitrogens with zero attached hydrogens (tertiary/aromatic N) is 2. The van der Waals surface area contributed by atoms with Crippen molar-refractivity contribution in [3.63, 3.8) is 0 Å². The largest absolute Gasteiger partial charge is 0.464 e. The zero-order valence-corrected chi connectivity index (χ0v) is 18.8. The molecule has 3 heteroatoms. The molecule has 0 bridgehead atoms. The minimum Gasteiger partial charge on any atom is -0.464 e. The predicted octanol–water partition coefficient (Wildman–Crippen LogP) is 8.63. The number of para-hydroxylation sites is 3. The minimum absolute atomic E-state index is 0.906. The van der Waals surface area contributed by atoms with Gasteiger partial charge in [-0.1, -0.05) is 54.6 Å². The SMILES string of the molecule is c1ccc2c(c1)c1ccccc1n2-c1ccc(-n2c3ccccc3c3ccc4occc4c32)cc1. The fraction of sp³-hybridized carbons (Fsp3) is 0. The molecule has 8 rings (SSSR count). The molecule has 0 aliphatic carbocycles. The van der Waals surface area contributed by atoms with Crippen LogP contribution in [0.4, 0.5) is 0 Å². The van der Waals surface area contributed by atoms with E-state index in [0.717, 1.165) is 22.3 Å². The lowest BCUT2D eigenvalue weighted by molar-refractivity contribution is 0.616. The van der Waals surface area contributed by atoms with Crippen LogP contribution in [0, 0.1) is 0 Å². The van der Waals surface area contributed by atoms with Gasteiger partial charge >= 0.3 is 0 Å². The molecule has 164 valence electrons. The highest BCUT2D eigenvalue weighted by molar-refractivity contribution is 6.17. The molecule has 3 nitrogen and oxygen atoms in total. The summed E-state index contributed by atoms with van der Waals surface area (Å²) >= 11 is 0. The van der Waals surface area contributed by atoms with Crippen molar-refractivity contribution in [2.45, 2.75) is 0 Å². The average molecular weight is 449 g/mol. The number of aromatic nitrogens is 2. The van der Waals surface area contributed by atoms with Gasteiger partial charge in [-0.3, -0.25) is 0 Å². The molecule has 0 fully saturated rings. The maximum absolute atomic E-state index is 5.75. The molecule has 5 aromatic carbocycles. The van der Waals surface area contributed by atoms with E-state index in [1.165, 1.54) is 43.6 Å². The number of rotatable bonds is 2. The van der Waals surface area contributed by atoms with Crippen molar-refractivity contribution in [2.24, 2.45) is 0 Å². The van der Waals surface area contributed by atoms with E-state index < -0.39 is 0 Å². The summed E-state index contributed by atoms with van der Waals surface area (Å²) in [6, 6.07) is 41.1. The molecule has 0 saturated heterocycles. The highest BCUT2D eigenvalue weighted by Crippen LogP contribution is 2.37. The number of benzene rings is 5. The molecule has 0 unspecified atom stereocenters. The maximum atomic E-state index is 5.75. The molecule has 0 aliphatic heterocycles. The Morgan fingerprint density at radius 1 is 0.400 bits per heavy atom. The van der Waals surface area contributed by atoms with Gasteiger partial charge in [0.15, 0.2) is 0 Å². The highest BCUT2D eigenvalue weighted by Gasteiger charge is 2.16. The second-order valence-electron chi connectivity index (χ2n) is 9.03. The van der Waals surface area contributed by atoms with E-state index in [1.807, 2.05) is 0 Å². The lowest BCUT2D eigenvalue weighted by Gasteiger charge is -2.12. The van der Waals surface area contributed by atoms with E-state index in [-0.39, 0.29) is 0 Å². The molecule has 0 N–H and O–H groups in total. The zero-order chi connectivity index (χ0) is 22.9. The van der Waals surface area contributed by atoms with Crippen molar-refractivity contribution in [3.05, 3.63) is 122 Å². The topological polar surface area (TPSA) is 23.0 Å². The predicted molar refractivity (Wildman–Crippen MR) is 145 cm³/mol. The van der Waals surface area contributed by atoms with E-state index in [4.69, 9.17) is 4.42 Å². The number of hydrogen-bond donors (Lipinski definition) is 0. The van der Waals surface area contributed by atoms with E-state index in [1.54, 1.807) is 6.26 Å². The summed E-state index contributed by atoms with van der Waals surface area (Å²) in [6.07, 6.45) is 1.78. The molecule has 3 aromatic heterocycles. The lowest BCUT2D eigenvalue weighted by Crippen LogP contribution is -1.97. The first-order valence-corrected chi connectivity index (χ1v) is 11.9. The molecule has 0 saturated carbocycles.